The number of rotatable bonds is 3. The third-order valence-corrected chi connectivity index (χ3v) is 4.64. The van der Waals surface area contributed by atoms with Gasteiger partial charge in [0, 0.05) is 30.2 Å². The Bertz CT molecular complexity index is 502. The number of ketones is 1. The largest absolute Gasteiger partial charge is 0.493 e. The van der Waals surface area contributed by atoms with E-state index in [2.05, 4.69) is 26.0 Å². The van der Waals surface area contributed by atoms with Crippen LogP contribution in [0.15, 0.2) is 18.2 Å². The summed E-state index contributed by atoms with van der Waals surface area (Å²) in [7, 11) is 0. The number of benzene rings is 1. The standard InChI is InChI=1S/C16H20O2/c1-4-12(17)15-14(16(15,2)3)11-6-5-7-13-10(11)8-9-18-13/h5-7,14-15H,4,8-9H2,1-3H3/t14-,15-/m1/s1. The highest BCUT2D eigenvalue weighted by molar-refractivity contribution is 5.86. The first-order chi connectivity index (χ1) is 8.57. The first-order valence-electron chi connectivity index (χ1n) is 6.84. The van der Waals surface area contributed by atoms with Gasteiger partial charge < -0.3 is 4.74 Å². The van der Waals surface area contributed by atoms with Crippen molar-refractivity contribution in [2.24, 2.45) is 11.3 Å². The lowest BCUT2D eigenvalue weighted by atomic mass is 9.96. The number of hydrogen-bond acceptors (Lipinski definition) is 2. The van der Waals surface area contributed by atoms with E-state index in [1.807, 2.05) is 13.0 Å². The Labute approximate surface area is 108 Å². The van der Waals surface area contributed by atoms with Crippen molar-refractivity contribution in [1.82, 2.24) is 0 Å². The van der Waals surface area contributed by atoms with Gasteiger partial charge in [-0.2, -0.15) is 0 Å². The Hall–Kier alpha value is -1.31. The van der Waals surface area contributed by atoms with E-state index in [1.54, 1.807) is 0 Å². The van der Waals surface area contributed by atoms with Crippen LogP contribution in [0.3, 0.4) is 0 Å². The highest BCUT2D eigenvalue weighted by atomic mass is 16.5. The highest BCUT2D eigenvalue weighted by Crippen LogP contribution is 2.66. The molecule has 1 fully saturated rings. The second-order valence-corrected chi connectivity index (χ2v) is 6.02. The van der Waals surface area contributed by atoms with Crippen molar-refractivity contribution in [2.45, 2.75) is 39.5 Å². The van der Waals surface area contributed by atoms with Crippen LogP contribution >= 0.6 is 0 Å². The van der Waals surface area contributed by atoms with Gasteiger partial charge in [-0.1, -0.05) is 32.9 Å². The zero-order valence-electron chi connectivity index (χ0n) is 11.3. The third-order valence-electron chi connectivity index (χ3n) is 4.64. The van der Waals surface area contributed by atoms with Crippen LogP contribution < -0.4 is 4.74 Å². The van der Waals surface area contributed by atoms with E-state index in [1.165, 1.54) is 11.1 Å². The Morgan fingerprint density at radius 2 is 2.22 bits per heavy atom. The summed E-state index contributed by atoms with van der Waals surface area (Å²) in [4.78, 5) is 12.0. The summed E-state index contributed by atoms with van der Waals surface area (Å²) in [6.07, 6.45) is 1.64. The number of Topliss-reactive ketones (excluding diaryl/α,β-unsaturated/α-hetero) is 1. The molecule has 2 heteroatoms. The number of hydrogen-bond donors (Lipinski definition) is 0. The average Bonchev–Trinajstić information content (AvgIpc) is 2.75. The molecule has 0 spiro atoms. The molecule has 1 aliphatic carbocycles. The maximum Gasteiger partial charge on any atom is 0.136 e. The summed E-state index contributed by atoms with van der Waals surface area (Å²) in [5.41, 5.74) is 2.80. The third kappa shape index (κ3) is 1.51. The van der Waals surface area contributed by atoms with Crippen molar-refractivity contribution in [3.05, 3.63) is 29.3 Å². The van der Waals surface area contributed by atoms with Gasteiger partial charge in [0.2, 0.25) is 0 Å². The minimum absolute atomic E-state index is 0.116. The number of fused-ring (bicyclic) bond motifs is 1. The first kappa shape index (κ1) is 11.8. The van der Waals surface area contributed by atoms with Crippen molar-refractivity contribution in [2.75, 3.05) is 6.61 Å². The molecule has 1 heterocycles. The maximum absolute atomic E-state index is 12.0. The van der Waals surface area contributed by atoms with Gasteiger partial charge in [-0.05, 0) is 17.0 Å². The quantitative estimate of drug-likeness (QED) is 0.815. The fourth-order valence-corrected chi connectivity index (χ4v) is 3.58. The Kier molecular flexibility index (Phi) is 2.51. The van der Waals surface area contributed by atoms with E-state index < -0.39 is 0 Å². The zero-order valence-corrected chi connectivity index (χ0v) is 11.3. The molecular weight excluding hydrogens is 224 g/mol. The molecule has 2 nitrogen and oxygen atoms in total. The van der Waals surface area contributed by atoms with E-state index in [0.29, 0.717) is 18.1 Å². The molecule has 96 valence electrons. The normalized spacial score (nSPS) is 27.5. The van der Waals surface area contributed by atoms with Gasteiger partial charge in [-0.25, -0.2) is 0 Å². The molecule has 0 radical (unpaired) electrons. The molecular formula is C16H20O2. The van der Waals surface area contributed by atoms with E-state index in [4.69, 9.17) is 4.74 Å². The SMILES string of the molecule is CCC(=O)[C@@H]1[C@@H](c2cccc3c2CCO3)C1(C)C. The molecule has 0 N–H and O–H groups in total. The van der Waals surface area contributed by atoms with Crippen LogP contribution in [0, 0.1) is 11.3 Å². The summed E-state index contributed by atoms with van der Waals surface area (Å²) < 4.78 is 5.62. The molecule has 3 rings (SSSR count). The lowest BCUT2D eigenvalue weighted by Crippen LogP contribution is -2.03. The molecule has 0 amide bonds. The van der Waals surface area contributed by atoms with Crippen LogP contribution in [-0.2, 0) is 11.2 Å². The molecule has 0 unspecified atom stereocenters. The number of carbonyl (C=O) groups excluding carboxylic acids is 1. The van der Waals surface area contributed by atoms with Gasteiger partial charge in [0.15, 0.2) is 0 Å². The lowest BCUT2D eigenvalue weighted by Gasteiger charge is -2.08. The summed E-state index contributed by atoms with van der Waals surface area (Å²) in [5, 5.41) is 0. The fourth-order valence-electron chi connectivity index (χ4n) is 3.58. The smallest absolute Gasteiger partial charge is 0.136 e. The van der Waals surface area contributed by atoms with Crippen molar-refractivity contribution in [3.8, 4) is 5.75 Å². The van der Waals surface area contributed by atoms with Crippen LogP contribution in [0.2, 0.25) is 0 Å². The second-order valence-electron chi connectivity index (χ2n) is 6.02. The molecule has 2 aliphatic rings. The summed E-state index contributed by atoms with van der Waals surface area (Å²) >= 11 is 0. The molecule has 18 heavy (non-hydrogen) atoms. The Morgan fingerprint density at radius 1 is 1.44 bits per heavy atom. The Morgan fingerprint density at radius 3 is 2.94 bits per heavy atom. The fraction of sp³-hybridized carbons (Fsp3) is 0.562. The van der Waals surface area contributed by atoms with E-state index in [0.717, 1.165) is 18.8 Å². The van der Waals surface area contributed by atoms with Gasteiger partial charge in [-0.15, -0.1) is 0 Å². The minimum Gasteiger partial charge on any atom is -0.493 e. The second kappa shape index (κ2) is 3.84. The van der Waals surface area contributed by atoms with Crippen molar-refractivity contribution in [1.29, 1.82) is 0 Å². The monoisotopic (exact) mass is 244 g/mol. The molecule has 1 aromatic carbocycles. The number of carbonyl (C=O) groups is 1. The van der Waals surface area contributed by atoms with Crippen molar-refractivity contribution < 1.29 is 9.53 Å². The Balaban J connectivity index is 1.98. The van der Waals surface area contributed by atoms with Crippen molar-refractivity contribution in [3.63, 3.8) is 0 Å². The highest BCUT2D eigenvalue weighted by Gasteiger charge is 2.61. The van der Waals surface area contributed by atoms with Gasteiger partial charge in [0.05, 0.1) is 6.61 Å². The average molecular weight is 244 g/mol. The van der Waals surface area contributed by atoms with Gasteiger partial charge in [0.1, 0.15) is 11.5 Å². The summed E-state index contributed by atoms with van der Waals surface area (Å²) in [5.74, 6) is 2.02. The molecule has 0 bridgehead atoms. The molecule has 0 aromatic heterocycles. The lowest BCUT2D eigenvalue weighted by molar-refractivity contribution is -0.120. The topological polar surface area (TPSA) is 26.3 Å². The molecule has 0 saturated heterocycles. The van der Waals surface area contributed by atoms with E-state index in [-0.39, 0.29) is 11.3 Å². The molecule has 1 aromatic rings. The van der Waals surface area contributed by atoms with Crippen LogP contribution in [0.5, 0.6) is 5.75 Å². The van der Waals surface area contributed by atoms with E-state index >= 15 is 0 Å². The molecule has 1 aliphatic heterocycles. The predicted molar refractivity (Wildman–Crippen MR) is 71.0 cm³/mol. The summed E-state index contributed by atoms with van der Waals surface area (Å²) in [6, 6.07) is 6.28. The first-order valence-corrected chi connectivity index (χ1v) is 6.84. The predicted octanol–water partition coefficient (Wildman–Crippen LogP) is 3.34. The van der Waals surface area contributed by atoms with Crippen LogP contribution in [0.25, 0.3) is 0 Å². The van der Waals surface area contributed by atoms with Crippen molar-refractivity contribution >= 4 is 5.78 Å². The molecule has 1 saturated carbocycles. The molecule has 2 atom stereocenters. The summed E-state index contributed by atoms with van der Waals surface area (Å²) in [6.45, 7) is 7.18. The van der Waals surface area contributed by atoms with E-state index in [9.17, 15) is 4.79 Å². The minimum atomic E-state index is 0.116. The van der Waals surface area contributed by atoms with Gasteiger partial charge >= 0.3 is 0 Å². The van der Waals surface area contributed by atoms with Gasteiger partial charge in [-0.3, -0.25) is 4.79 Å². The number of ether oxygens (including phenoxy) is 1. The van der Waals surface area contributed by atoms with Crippen LogP contribution in [0.4, 0.5) is 0 Å². The van der Waals surface area contributed by atoms with Crippen LogP contribution in [0.1, 0.15) is 44.2 Å². The van der Waals surface area contributed by atoms with Gasteiger partial charge in [0.25, 0.3) is 0 Å². The maximum atomic E-state index is 12.0. The zero-order chi connectivity index (χ0) is 12.9. The van der Waals surface area contributed by atoms with Crippen LogP contribution in [-0.4, -0.2) is 12.4 Å².